The van der Waals surface area contributed by atoms with Crippen LogP contribution < -0.4 is 16.6 Å². The second-order valence-corrected chi connectivity index (χ2v) is 6.25. The van der Waals surface area contributed by atoms with Crippen LogP contribution in [0.25, 0.3) is 0 Å². The van der Waals surface area contributed by atoms with Gasteiger partial charge in [-0.05, 0) is 39.7 Å². The lowest BCUT2D eigenvalue weighted by Gasteiger charge is -2.20. The van der Waals surface area contributed by atoms with Gasteiger partial charge >= 0.3 is 5.69 Å². The zero-order chi connectivity index (χ0) is 16.3. The highest BCUT2D eigenvalue weighted by Gasteiger charge is 2.24. The predicted octanol–water partition coefficient (Wildman–Crippen LogP) is -0.308. The molecule has 22 heavy (non-hydrogen) atoms. The molecule has 1 aliphatic heterocycles. The quantitative estimate of drug-likeness (QED) is 0.781. The molecule has 1 aromatic rings. The Morgan fingerprint density at radius 3 is 2.82 bits per heavy atom. The van der Waals surface area contributed by atoms with Gasteiger partial charge in [-0.2, -0.15) is 0 Å². The Balaban J connectivity index is 1.85. The highest BCUT2D eigenvalue weighted by molar-refractivity contribution is 5.75. The molecule has 0 bridgehead atoms. The molecule has 0 spiro atoms. The number of aromatic nitrogens is 2. The molecular weight excluding hydrogens is 284 g/mol. The van der Waals surface area contributed by atoms with Crippen LogP contribution in [-0.2, 0) is 11.3 Å². The molecule has 1 atom stereocenters. The van der Waals surface area contributed by atoms with E-state index in [1.807, 2.05) is 0 Å². The van der Waals surface area contributed by atoms with Crippen LogP contribution in [0.4, 0.5) is 0 Å². The van der Waals surface area contributed by atoms with Gasteiger partial charge in [0.1, 0.15) is 6.54 Å². The molecule has 0 aromatic carbocycles. The summed E-state index contributed by atoms with van der Waals surface area (Å²) in [5.74, 6) is 0.247. The molecule has 0 aliphatic carbocycles. The minimum Gasteiger partial charge on any atom is -0.354 e. The molecule has 1 aromatic heterocycles. The summed E-state index contributed by atoms with van der Waals surface area (Å²) >= 11 is 0. The van der Waals surface area contributed by atoms with Gasteiger partial charge in [-0.15, -0.1) is 0 Å². The number of carbonyl (C=O) groups is 1. The number of likely N-dealkylation sites (tertiary alicyclic amines) is 1. The van der Waals surface area contributed by atoms with Crippen LogP contribution in [0.15, 0.2) is 15.8 Å². The molecular formula is C15H24N4O3. The number of aromatic amines is 1. The largest absolute Gasteiger partial charge is 0.354 e. The van der Waals surface area contributed by atoms with Gasteiger partial charge in [0.25, 0.3) is 5.56 Å². The third-order valence-electron chi connectivity index (χ3n) is 4.14. The third-order valence-corrected chi connectivity index (χ3v) is 4.14. The van der Waals surface area contributed by atoms with E-state index in [9.17, 15) is 14.4 Å². The van der Waals surface area contributed by atoms with Crippen molar-refractivity contribution < 1.29 is 4.79 Å². The summed E-state index contributed by atoms with van der Waals surface area (Å²) in [6.45, 7) is 8.56. The van der Waals surface area contributed by atoms with Crippen molar-refractivity contribution in [2.24, 2.45) is 5.92 Å². The van der Waals surface area contributed by atoms with Crippen molar-refractivity contribution in [2.45, 2.75) is 39.8 Å². The summed E-state index contributed by atoms with van der Waals surface area (Å²) in [5, 5.41) is 2.88. The van der Waals surface area contributed by atoms with Gasteiger partial charge < -0.3 is 10.2 Å². The van der Waals surface area contributed by atoms with E-state index in [1.54, 1.807) is 6.92 Å². The van der Waals surface area contributed by atoms with Crippen molar-refractivity contribution in [3.05, 3.63) is 32.6 Å². The zero-order valence-corrected chi connectivity index (χ0v) is 13.4. The Hall–Kier alpha value is -1.89. The van der Waals surface area contributed by atoms with Gasteiger partial charge in [0.15, 0.2) is 0 Å². The fourth-order valence-corrected chi connectivity index (χ4v) is 2.70. The van der Waals surface area contributed by atoms with Gasteiger partial charge in [-0.3, -0.25) is 19.1 Å². The normalized spacial score (nSPS) is 18.8. The highest BCUT2D eigenvalue weighted by atomic mass is 16.2. The van der Waals surface area contributed by atoms with E-state index in [1.165, 1.54) is 10.8 Å². The minimum absolute atomic E-state index is 0.0724. The first kappa shape index (κ1) is 16.5. The van der Waals surface area contributed by atoms with Crippen molar-refractivity contribution in [2.75, 3.05) is 19.6 Å². The summed E-state index contributed by atoms with van der Waals surface area (Å²) in [4.78, 5) is 39.5. The molecule has 0 radical (unpaired) electrons. The first-order chi connectivity index (χ1) is 10.4. The van der Waals surface area contributed by atoms with Crippen LogP contribution in [-0.4, -0.2) is 46.0 Å². The molecule has 1 fully saturated rings. The van der Waals surface area contributed by atoms with Crippen molar-refractivity contribution in [1.82, 2.24) is 19.8 Å². The van der Waals surface area contributed by atoms with Crippen molar-refractivity contribution in [3.63, 3.8) is 0 Å². The number of aryl methyl sites for hydroxylation is 1. The van der Waals surface area contributed by atoms with Crippen molar-refractivity contribution >= 4 is 5.91 Å². The average molecular weight is 308 g/mol. The van der Waals surface area contributed by atoms with E-state index in [-0.39, 0.29) is 12.5 Å². The Morgan fingerprint density at radius 2 is 2.18 bits per heavy atom. The number of H-pyrrole nitrogens is 1. The van der Waals surface area contributed by atoms with Crippen LogP contribution in [0.1, 0.15) is 25.8 Å². The average Bonchev–Trinajstić information content (AvgIpc) is 2.91. The number of rotatable bonds is 5. The van der Waals surface area contributed by atoms with Gasteiger partial charge in [0, 0.05) is 30.9 Å². The first-order valence-electron chi connectivity index (χ1n) is 7.68. The van der Waals surface area contributed by atoms with Gasteiger partial charge in [0.05, 0.1) is 0 Å². The zero-order valence-electron chi connectivity index (χ0n) is 13.4. The Kier molecular flexibility index (Phi) is 5.18. The molecule has 2 N–H and O–H groups in total. The molecule has 122 valence electrons. The Bertz CT molecular complexity index is 647. The van der Waals surface area contributed by atoms with Crippen LogP contribution in [0.2, 0.25) is 0 Å². The van der Waals surface area contributed by atoms with E-state index in [0.717, 1.165) is 19.5 Å². The maximum atomic E-state index is 12.0. The lowest BCUT2D eigenvalue weighted by molar-refractivity contribution is -0.121. The molecule has 1 aliphatic rings. The predicted molar refractivity (Wildman–Crippen MR) is 83.9 cm³/mol. The second kappa shape index (κ2) is 6.91. The molecule has 1 amide bonds. The highest BCUT2D eigenvalue weighted by Crippen LogP contribution is 2.17. The van der Waals surface area contributed by atoms with E-state index in [4.69, 9.17) is 0 Å². The number of hydrogen-bond acceptors (Lipinski definition) is 4. The van der Waals surface area contributed by atoms with Crippen LogP contribution >= 0.6 is 0 Å². The van der Waals surface area contributed by atoms with Crippen molar-refractivity contribution in [1.29, 1.82) is 0 Å². The molecule has 2 heterocycles. The lowest BCUT2D eigenvalue weighted by Crippen LogP contribution is -2.38. The number of hydrogen-bond donors (Lipinski definition) is 2. The molecule has 7 nitrogen and oxygen atoms in total. The van der Waals surface area contributed by atoms with E-state index in [0.29, 0.717) is 24.1 Å². The molecule has 0 saturated carbocycles. The SMILES string of the molecule is Cc1cn(CC(=O)NC[C@@H]2CCN(C(C)C)C2)c(=O)[nH]c1=O. The Labute approximate surface area is 129 Å². The smallest absolute Gasteiger partial charge is 0.328 e. The van der Waals surface area contributed by atoms with Crippen molar-refractivity contribution in [3.8, 4) is 0 Å². The van der Waals surface area contributed by atoms with Gasteiger partial charge in [-0.1, -0.05) is 0 Å². The van der Waals surface area contributed by atoms with Gasteiger partial charge in [-0.25, -0.2) is 4.79 Å². The minimum atomic E-state index is -0.558. The summed E-state index contributed by atoms with van der Waals surface area (Å²) in [6.07, 6.45) is 2.49. The first-order valence-corrected chi connectivity index (χ1v) is 7.68. The number of nitrogens with zero attached hydrogens (tertiary/aromatic N) is 2. The molecule has 0 unspecified atom stereocenters. The summed E-state index contributed by atoms with van der Waals surface area (Å²) in [7, 11) is 0. The van der Waals surface area contributed by atoms with Gasteiger partial charge in [0.2, 0.25) is 5.91 Å². The lowest BCUT2D eigenvalue weighted by atomic mass is 10.1. The number of amides is 1. The van der Waals surface area contributed by atoms with E-state index in [2.05, 4.69) is 29.0 Å². The fraction of sp³-hybridized carbons (Fsp3) is 0.667. The summed E-state index contributed by atoms with van der Waals surface area (Å²) in [5.41, 5.74) is -0.560. The molecule has 2 rings (SSSR count). The van der Waals surface area contributed by atoms with Crippen LogP contribution in [0, 0.1) is 12.8 Å². The summed E-state index contributed by atoms with van der Waals surface area (Å²) in [6, 6.07) is 0.531. The summed E-state index contributed by atoms with van der Waals surface area (Å²) < 4.78 is 1.22. The fourth-order valence-electron chi connectivity index (χ4n) is 2.70. The van der Waals surface area contributed by atoms with E-state index < -0.39 is 11.2 Å². The topological polar surface area (TPSA) is 87.2 Å². The third kappa shape index (κ3) is 4.07. The van der Waals surface area contributed by atoms with Crippen LogP contribution in [0.3, 0.4) is 0 Å². The monoisotopic (exact) mass is 308 g/mol. The van der Waals surface area contributed by atoms with E-state index >= 15 is 0 Å². The molecule has 7 heteroatoms. The maximum absolute atomic E-state index is 12.0. The molecule has 1 saturated heterocycles. The number of nitrogens with one attached hydrogen (secondary N) is 2. The Morgan fingerprint density at radius 1 is 1.45 bits per heavy atom. The maximum Gasteiger partial charge on any atom is 0.328 e. The standard InChI is InChI=1S/C15H24N4O3/c1-10(2)18-5-4-12(8-18)6-16-13(20)9-19-7-11(3)14(21)17-15(19)22/h7,10,12H,4-6,8-9H2,1-3H3,(H,16,20)(H,17,21,22)/t12-/m0/s1. The van der Waals surface area contributed by atoms with Crippen LogP contribution in [0.5, 0.6) is 0 Å². The number of carbonyl (C=O) groups excluding carboxylic acids is 1. The second-order valence-electron chi connectivity index (χ2n) is 6.25.